The van der Waals surface area contributed by atoms with Crippen molar-refractivity contribution in [2.75, 3.05) is 11.9 Å². The molecule has 0 atom stereocenters. The number of aromatic nitrogens is 2. The average Bonchev–Trinajstić information content (AvgIpc) is 2.32. The van der Waals surface area contributed by atoms with Crippen molar-refractivity contribution in [3.05, 3.63) is 46.5 Å². The Balaban J connectivity index is 2.39. The van der Waals surface area contributed by atoms with Gasteiger partial charge in [0.25, 0.3) is 0 Å². The highest BCUT2D eigenvalue weighted by atomic mass is 35.5. The molecule has 0 aliphatic carbocycles. The van der Waals surface area contributed by atoms with Crippen LogP contribution in [0.1, 0.15) is 0 Å². The normalized spacial score (nSPS) is 10.4. The maximum absolute atomic E-state index is 12.8. The van der Waals surface area contributed by atoms with Crippen LogP contribution in [0.2, 0.25) is 10.3 Å². The molecular formula is C11H8Cl2FN3. The molecule has 6 heteroatoms. The fraction of sp³-hybridized carbons (Fsp3) is 0.0909. The van der Waals surface area contributed by atoms with Gasteiger partial charge in [-0.2, -0.15) is 0 Å². The van der Waals surface area contributed by atoms with Crippen LogP contribution >= 0.6 is 23.2 Å². The van der Waals surface area contributed by atoms with Crippen LogP contribution in [-0.4, -0.2) is 17.2 Å². The van der Waals surface area contributed by atoms with Crippen molar-refractivity contribution in [1.29, 1.82) is 0 Å². The minimum absolute atomic E-state index is 0.237. The zero-order chi connectivity index (χ0) is 12.4. The van der Waals surface area contributed by atoms with Crippen LogP contribution in [0.3, 0.4) is 0 Å². The third kappa shape index (κ3) is 2.65. The summed E-state index contributed by atoms with van der Waals surface area (Å²) in [6.07, 6.45) is 0. The molecule has 3 nitrogen and oxygen atoms in total. The Morgan fingerprint density at radius 3 is 2.41 bits per heavy atom. The van der Waals surface area contributed by atoms with Gasteiger partial charge >= 0.3 is 0 Å². The number of anilines is 2. The topological polar surface area (TPSA) is 29.0 Å². The molecular weight excluding hydrogens is 264 g/mol. The molecule has 2 aromatic rings. The molecule has 0 fully saturated rings. The number of nitrogens with zero attached hydrogens (tertiary/aromatic N) is 3. The molecule has 0 spiro atoms. The Morgan fingerprint density at radius 1 is 1.12 bits per heavy atom. The molecule has 0 aliphatic rings. The van der Waals surface area contributed by atoms with Crippen LogP contribution < -0.4 is 4.90 Å². The highest BCUT2D eigenvalue weighted by molar-refractivity contribution is 6.33. The van der Waals surface area contributed by atoms with Crippen molar-refractivity contribution in [1.82, 2.24) is 10.2 Å². The van der Waals surface area contributed by atoms with Gasteiger partial charge in [-0.15, -0.1) is 10.2 Å². The van der Waals surface area contributed by atoms with E-state index in [4.69, 9.17) is 23.2 Å². The van der Waals surface area contributed by atoms with E-state index >= 15 is 0 Å². The second kappa shape index (κ2) is 4.85. The van der Waals surface area contributed by atoms with Gasteiger partial charge in [0.1, 0.15) is 5.82 Å². The van der Waals surface area contributed by atoms with Gasteiger partial charge < -0.3 is 4.90 Å². The summed E-state index contributed by atoms with van der Waals surface area (Å²) >= 11 is 11.7. The lowest BCUT2D eigenvalue weighted by Crippen LogP contribution is -2.11. The Kier molecular flexibility index (Phi) is 3.45. The zero-order valence-corrected chi connectivity index (χ0v) is 10.4. The molecule has 0 unspecified atom stereocenters. The molecule has 0 radical (unpaired) electrons. The summed E-state index contributed by atoms with van der Waals surface area (Å²) in [4.78, 5) is 1.75. The molecule has 0 N–H and O–H groups in total. The van der Waals surface area contributed by atoms with E-state index in [1.54, 1.807) is 30.1 Å². The van der Waals surface area contributed by atoms with Crippen LogP contribution in [-0.2, 0) is 0 Å². The van der Waals surface area contributed by atoms with Gasteiger partial charge in [-0.25, -0.2) is 4.39 Å². The average molecular weight is 272 g/mol. The van der Waals surface area contributed by atoms with E-state index in [0.717, 1.165) is 5.69 Å². The van der Waals surface area contributed by atoms with Gasteiger partial charge in [0, 0.05) is 18.8 Å². The van der Waals surface area contributed by atoms with Gasteiger partial charge in [0.15, 0.2) is 10.3 Å². The van der Waals surface area contributed by atoms with Gasteiger partial charge in [0.05, 0.1) is 5.69 Å². The summed E-state index contributed by atoms with van der Waals surface area (Å²) in [7, 11) is 1.78. The van der Waals surface area contributed by atoms with Gasteiger partial charge in [-0.05, 0) is 24.3 Å². The van der Waals surface area contributed by atoms with Crippen molar-refractivity contribution in [3.8, 4) is 0 Å². The van der Waals surface area contributed by atoms with E-state index in [2.05, 4.69) is 10.2 Å². The minimum atomic E-state index is -0.292. The third-order valence-corrected chi connectivity index (χ3v) is 2.73. The van der Waals surface area contributed by atoms with Gasteiger partial charge in [0.2, 0.25) is 0 Å². The number of benzene rings is 1. The highest BCUT2D eigenvalue weighted by Gasteiger charge is 2.10. The summed E-state index contributed by atoms with van der Waals surface area (Å²) in [6.45, 7) is 0. The van der Waals surface area contributed by atoms with Gasteiger partial charge in [-0.3, -0.25) is 0 Å². The zero-order valence-electron chi connectivity index (χ0n) is 8.86. The molecule has 0 bridgehead atoms. The van der Waals surface area contributed by atoms with E-state index in [0.29, 0.717) is 5.69 Å². The van der Waals surface area contributed by atoms with E-state index in [1.807, 2.05) is 0 Å². The summed E-state index contributed by atoms with van der Waals surface area (Å²) < 4.78 is 12.8. The molecule has 0 amide bonds. The van der Waals surface area contributed by atoms with Crippen molar-refractivity contribution in [2.45, 2.75) is 0 Å². The minimum Gasteiger partial charge on any atom is -0.342 e. The second-order valence-corrected chi connectivity index (χ2v) is 4.12. The molecule has 1 heterocycles. The Bertz CT molecular complexity index is 531. The smallest absolute Gasteiger partial charge is 0.175 e. The van der Waals surface area contributed by atoms with Crippen LogP contribution in [0.15, 0.2) is 30.3 Å². The molecule has 1 aromatic carbocycles. The first-order valence-electron chi connectivity index (χ1n) is 4.76. The number of halogens is 3. The Labute approximate surface area is 108 Å². The van der Waals surface area contributed by atoms with Crippen molar-refractivity contribution in [3.63, 3.8) is 0 Å². The highest BCUT2D eigenvalue weighted by Crippen LogP contribution is 2.30. The number of hydrogen-bond donors (Lipinski definition) is 0. The molecule has 0 aliphatic heterocycles. The van der Waals surface area contributed by atoms with E-state index < -0.39 is 0 Å². The second-order valence-electron chi connectivity index (χ2n) is 3.38. The number of rotatable bonds is 2. The molecule has 2 rings (SSSR count). The summed E-state index contributed by atoms with van der Waals surface area (Å²) in [5.41, 5.74) is 1.38. The lowest BCUT2D eigenvalue weighted by atomic mass is 10.2. The first-order chi connectivity index (χ1) is 8.08. The molecule has 0 saturated carbocycles. The van der Waals surface area contributed by atoms with Crippen LogP contribution in [0.25, 0.3) is 0 Å². The fourth-order valence-corrected chi connectivity index (χ4v) is 1.74. The summed E-state index contributed by atoms with van der Waals surface area (Å²) in [5.74, 6) is -0.292. The van der Waals surface area contributed by atoms with E-state index in [-0.39, 0.29) is 16.1 Å². The first-order valence-corrected chi connectivity index (χ1v) is 5.51. The first kappa shape index (κ1) is 12.1. The number of hydrogen-bond acceptors (Lipinski definition) is 3. The quantitative estimate of drug-likeness (QED) is 0.834. The maximum atomic E-state index is 12.8. The molecule has 88 valence electrons. The Morgan fingerprint density at radius 2 is 1.76 bits per heavy atom. The third-order valence-electron chi connectivity index (χ3n) is 2.28. The van der Waals surface area contributed by atoms with Crippen LogP contribution in [0.5, 0.6) is 0 Å². The monoisotopic (exact) mass is 271 g/mol. The van der Waals surface area contributed by atoms with Crippen molar-refractivity contribution < 1.29 is 4.39 Å². The van der Waals surface area contributed by atoms with Crippen LogP contribution in [0, 0.1) is 5.82 Å². The SMILES string of the molecule is CN(c1ccc(F)cc1)c1cc(Cl)nnc1Cl. The lowest BCUT2D eigenvalue weighted by Gasteiger charge is -2.19. The van der Waals surface area contributed by atoms with Crippen molar-refractivity contribution in [2.24, 2.45) is 0 Å². The molecule has 0 saturated heterocycles. The summed E-state index contributed by atoms with van der Waals surface area (Å²) in [6, 6.07) is 7.62. The predicted molar refractivity (Wildman–Crippen MR) is 66.5 cm³/mol. The standard InChI is InChI=1S/C11H8Cl2FN3/c1-17(8-4-2-7(14)3-5-8)9-6-10(12)15-16-11(9)13/h2-6H,1H3. The Hall–Kier alpha value is -1.39. The predicted octanol–water partition coefficient (Wildman–Crippen LogP) is 3.69. The fourth-order valence-electron chi connectivity index (χ4n) is 1.38. The molecule has 17 heavy (non-hydrogen) atoms. The summed E-state index contributed by atoms with van der Waals surface area (Å²) in [5, 5.41) is 7.82. The van der Waals surface area contributed by atoms with Crippen molar-refractivity contribution >= 4 is 34.6 Å². The van der Waals surface area contributed by atoms with E-state index in [1.165, 1.54) is 12.1 Å². The van der Waals surface area contributed by atoms with E-state index in [9.17, 15) is 4.39 Å². The lowest BCUT2D eigenvalue weighted by molar-refractivity contribution is 0.628. The maximum Gasteiger partial charge on any atom is 0.175 e. The largest absolute Gasteiger partial charge is 0.342 e. The van der Waals surface area contributed by atoms with Gasteiger partial charge in [-0.1, -0.05) is 23.2 Å². The molecule has 1 aromatic heterocycles. The van der Waals surface area contributed by atoms with Crippen LogP contribution in [0.4, 0.5) is 15.8 Å².